The topological polar surface area (TPSA) is 80.3 Å². The summed E-state index contributed by atoms with van der Waals surface area (Å²) >= 11 is 7.06. The molecule has 1 aromatic heterocycles. The fourth-order valence-corrected chi connectivity index (χ4v) is 6.06. The van der Waals surface area contributed by atoms with E-state index >= 15 is 0 Å². The van der Waals surface area contributed by atoms with Crippen LogP contribution in [0.1, 0.15) is 44.9 Å². The number of anilines is 1. The molecule has 10 heteroatoms. The highest BCUT2D eigenvalue weighted by Crippen LogP contribution is 2.41. The van der Waals surface area contributed by atoms with Gasteiger partial charge in [-0.25, -0.2) is 4.79 Å². The number of hydrogen-bond donors (Lipinski definition) is 1. The van der Waals surface area contributed by atoms with Crippen LogP contribution in [-0.4, -0.2) is 74.3 Å². The fraction of sp³-hybridized carbons (Fsp3) is 0.480. The Bertz CT molecular complexity index is 1120. The van der Waals surface area contributed by atoms with Gasteiger partial charge in [0.05, 0.1) is 32.6 Å². The second-order valence-corrected chi connectivity index (χ2v) is 10.3. The van der Waals surface area contributed by atoms with E-state index in [4.69, 9.17) is 26.4 Å². The number of nitrogens with zero attached hydrogens (tertiary/aromatic N) is 2. The van der Waals surface area contributed by atoms with E-state index in [-0.39, 0.29) is 17.3 Å². The quantitative estimate of drug-likeness (QED) is 0.467. The van der Waals surface area contributed by atoms with Crippen molar-refractivity contribution < 1.29 is 23.8 Å². The number of amides is 1. The van der Waals surface area contributed by atoms with E-state index in [2.05, 4.69) is 10.2 Å². The van der Waals surface area contributed by atoms with Gasteiger partial charge in [0, 0.05) is 26.2 Å². The normalized spacial score (nSPS) is 16.8. The van der Waals surface area contributed by atoms with E-state index in [1.165, 1.54) is 18.4 Å². The average molecular weight is 518 g/mol. The van der Waals surface area contributed by atoms with Crippen molar-refractivity contribution in [2.45, 2.75) is 26.2 Å². The maximum atomic E-state index is 13.3. The predicted molar refractivity (Wildman–Crippen MR) is 140 cm³/mol. The summed E-state index contributed by atoms with van der Waals surface area (Å²) in [5.74, 6) is 0.780. The number of methoxy groups -OCH3 is 3. The van der Waals surface area contributed by atoms with E-state index < -0.39 is 0 Å². The number of likely N-dealkylation sites (tertiary alicyclic amines) is 2. The Hall–Kier alpha value is -2.85. The number of nitrogens with one attached hydrogen (secondary N) is 1. The lowest BCUT2D eigenvalue weighted by atomic mass is 9.77. The number of piperidine rings is 1. The molecule has 2 fully saturated rings. The van der Waals surface area contributed by atoms with Gasteiger partial charge in [0.15, 0.2) is 5.11 Å². The summed E-state index contributed by atoms with van der Waals surface area (Å²) in [5, 5.41) is 5.83. The Morgan fingerprint density at radius 2 is 1.74 bits per heavy atom. The first-order valence-corrected chi connectivity index (χ1v) is 12.8. The molecule has 1 N–H and O–H groups in total. The molecule has 8 nitrogen and oxygen atoms in total. The molecule has 35 heavy (non-hydrogen) atoms. The number of aryl methyl sites for hydroxylation is 1. The molecular formula is C25H31N3O5S2. The van der Waals surface area contributed by atoms with Crippen molar-refractivity contribution in [1.82, 2.24) is 9.80 Å². The van der Waals surface area contributed by atoms with Crippen molar-refractivity contribution in [3.05, 3.63) is 39.6 Å². The van der Waals surface area contributed by atoms with Crippen LogP contribution in [-0.2, 0) is 4.74 Å². The van der Waals surface area contributed by atoms with Crippen molar-refractivity contribution in [2.24, 2.45) is 5.41 Å². The molecule has 2 aromatic rings. The molecule has 1 amide bonds. The highest BCUT2D eigenvalue weighted by Gasteiger charge is 2.42. The van der Waals surface area contributed by atoms with Crippen molar-refractivity contribution in [3.8, 4) is 11.5 Å². The van der Waals surface area contributed by atoms with Crippen LogP contribution in [0.15, 0.2) is 23.6 Å². The van der Waals surface area contributed by atoms with Gasteiger partial charge in [0.25, 0.3) is 5.91 Å². The number of thiophene rings is 1. The number of rotatable bonds is 5. The number of thiocarbonyl (C=S) groups is 1. The van der Waals surface area contributed by atoms with Gasteiger partial charge in [-0.3, -0.25) is 4.79 Å². The summed E-state index contributed by atoms with van der Waals surface area (Å²) < 4.78 is 15.6. The molecule has 2 aliphatic rings. The summed E-state index contributed by atoms with van der Waals surface area (Å²) in [6, 6.07) is 5.29. The van der Waals surface area contributed by atoms with E-state index in [1.807, 2.05) is 17.2 Å². The maximum Gasteiger partial charge on any atom is 0.350 e. The maximum absolute atomic E-state index is 13.3. The molecule has 0 atom stereocenters. The molecule has 3 heterocycles. The first-order valence-electron chi connectivity index (χ1n) is 11.5. The second kappa shape index (κ2) is 10.4. The van der Waals surface area contributed by atoms with Gasteiger partial charge >= 0.3 is 5.97 Å². The summed E-state index contributed by atoms with van der Waals surface area (Å²) in [5.41, 5.74) is 2.33. The monoisotopic (exact) mass is 517 g/mol. The van der Waals surface area contributed by atoms with Gasteiger partial charge in [-0.2, -0.15) is 0 Å². The van der Waals surface area contributed by atoms with E-state index in [0.717, 1.165) is 43.6 Å². The lowest BCUT2D eigenvalue weighted by Crippen LogP contribution is -2.45. The molecule has 2 aliphatic heterocycles. The lowest BCUT2D eigenvalue weighted by molar-refractivity contribution is 0.0590. The molecule has 0 aliphatic carbocycles. The Kier molecular flexibility index (Phi) is 7.51. The third-order valence-electron chi connectivity index (χ3n) is 7.05. The first-order chi connectivity index (χ1) is 16.8. The number of benzene rings is 1. The zero-order chi connectivity index (χ0) is 25.2. The summed E-state index contributed by atoms with van der Waals surface area (Å²) in [6.45, 7) is 5.00. The van der Waals surface area contributed by atoms with Gasteiger partial charge in [-0.1, -0.05) is 0 Å². The van der Waals surface area contributed by atoms with Crippen LogP contribution in [0.25, 0.3) is 0 Å². The largest absolute Gasteiger partial charge is 0.497 e. The highest BCUT2D eigenvalue weighted by atomic mass is 32.1. The molecule has 0 saturated carbocycles. The zero-order valence-corrected chi connectivity index (χ0v) is 22.1. The molecular weight excluding hydrogens is 486 g/mol. The second-order valence-electron chi connectivity index (χ2n) is 9.07. The molecule has 0 radical (unpaired) electrons. The Morgan fingerprint density at radius 1 is 1.06 bits per heavy atom. The summed E-state index contributed by atoms with van der Waals surface area (Å²) in [6.07, 6.45) is 2.84. The van der Waals surface area contributed by atoms with Crippen molar-refractivity contribution >= 4 is 46.2 Å². The van der Waals surface area contributed by atoms with Crippen LogP contribution >= 0.6 is 23.6 Å². The standard InChI is InChI=1S/C25H31N3O5S2/c1-16-14-35-21(23(30)33-4)20(16)26-24(34)28-12-9-25(15-28)7-10-27(11-8-25)22(29)18-13-17(31-2)5-6-19(18)32-3/h5-6,13-14H,7-12,15H2,1-4H3,(H,26,34). The number of carbonyl (C=O) groups is 2. The average Bonchev–Trinajstić information content (AvgIpc) is 3.46. The summed E-state index contributed by atoms with van der Waals surface area (Å²) in [4.78, 5) is 30.0. The SMILES string of the molecule is COC(=O)c1scc(C)c1NC(=S)N1CCC2(CCN(C(=O)c3cc(OC)ccc3OC)CC2)C1. The van der Waals surface area contributed by atoms with Crippen molar-refractivity contribution in [3.63, 3.8) is 0 Å². The van der Waals surface area contributed by atoms with Gasteiger partial charge < -0.3 is 29.3 Å². The third-order valence-corrected chi connectivity index (χ3v) is 8.49. The third kappa shape index (κ3) is 5.08. The number of esters is 1. The van der Waals surface area contributed by atoms with Gasteiger partial charge in [-0.15, -0.1) is 11.3 Å². The Labute approximate surface area is 215 Å². The molecule has 1 aromatic carbocycles. The number of carbonyl (C=O) groups excluding carboxylic acids is 2. The summed E-state index contributed by atoms with van der Waals surface area (Å²) in [7, 11) is 4.53. The lowest BCUT2D eigenvalue weighted by Gasteiger charge is -2.39. The molecule has 0 unspecified atom stereocenters. The van der Waals surface area contributed by atoms with Crippen LogP contribution in [0.5, 0.6) is 11.5 Å². The molecule has 2 saturated heterocycles. The van der Waals surface area contributed by atoms with E-state index in [9.17, 15) is 9.59 Å². The molecule has 188 valence electrons. The highest BCUT2D eigenvalue weighted by molar-refractivity contribution is 7.80. The molecule has 4 rings (SSSR count). The minimum absolute atomic E-state index is 0.0362. The minimum Gasteiger partial charge on any atom is -0.497 e. The first kappa shape index (κ1) is 25.2. The van der Waals surface area contributed by atoms with Crippen LogP contribution in [0, 0.1) is 12.3 Å². The number of hydrogen-bond acceptors (Lipinski definition) is 7. The number of ether oxygens (including phenoxy) is 3. The Balaban J connectivity index is 1.38. The molecule has 1 spiro atoms. The minimum atomic E-state index is -0.365. The van der Waals surface area contributed by atoms with Crippen molar-refractivity contribution in [1.29, 1.82) is 0 Å². The predicted octanol–water partition coefficient (Wildman–Crippen LogP) is 4.19. The van der Waals surface area contributed by atoms with Crippen LogP contribution in [0.4, 0.5) is 5.69 Å². The Morgan fingerprint density at radius 3 is 2.37 bits per heavy atom. The van der Waals surface area contributed by atoms with Gasteiger partial charge in [0.1, 0.15) is 16.4 Å². The van der Waals surface area contributed by atoms with Crippen LogP contribution in [0.2, 0.25) is 0 Å². The van der Waals surface area contributed by atoms with Crippen LogP contribution in [0.3, 0.4) is 0 Å². The van der Waals surface area contributed by atoms with E-state index in [1.54, 1.807) is 32.4 Å². The van der Waals surface area contributed by atoms with Gasteiger partial charge in [-0.05, 0) is 73.0 Å². The zero-order valence-electron chi connectivity index (χ0n) is 20.5. The smallest absolute Gasteiger partial charge is 0.350 e. The molecule has 0 bridgehead atoms. The van der Waals surface area contributed by atoms with Crippen molar-refractivity contribution in [2.75, 3.05) is 52.8 Å². The van der Waals surface area contributed by atoms with Gasteiger partial charge in [0.2, 0.25) is 0 Å². The van der Waals surface area contributed by atoms with Crippen LogP contribution < -0.4 is 14.8 Å². The fourth-order valence-electron chi connectivity index (χ4n) is 4.88. The van der Waals surface area contributed by atoms with E-state index in [0.29, 0.717) is 40.1 Å².